The Hall–Kier alpha value is -2.51. The van der Waals surface area contributed by atoms with Crippen LogP contribution in [-0.4, -0.2) is 28.5 Å². The lowest BCUT2D eigenvalue weighted by Gasteiger charge is -2.27. The number of carbonyl (C=O) groups is 1. The first-order chi connectivity index (χ1) is 15.3. The van der Waals surface area contributed by atoms with Crippen LogP contribution in [0.15, 0.2) is 24.3 Å². The van der Waals surface area contributed by atoms with Crippen molar-refractivity contribution in [1.29, 1.82) is 0 Å². The van der Waals surface area contributed by atoms with Gasteiger partial charge in [-0.1, -0.05) is 30.1 Å². The van der Waals surface area contributed by atoms with E-state index < -0.39 is 5.82 Å². The normalized spacial score (nSPS) is 18.5. The van der Waals surface area contributed by atoms with Gasteiger partial charge in [0.05, 0.1) is 38.9 Å². The zero-order chi connectivity index (χ0) is 22.8. The van der Waals surface area contributed by atoms with Gasteiger partial charge < -0.3 is 20.4 Å². The van der Waals surface area contributed by atoms with Crippen molar-refractivity contribution in [3.63, 3.8) is 0 Å². The predicted octanol–water partition coefficient (Wildman–Crippen LogP) is 6.46. The summed E-state index contributed by atoms with van der Waals surface area (Å²) in [4.78, 5) is 20.7. The zero-order valence-corrected chi connectivity index (χ0v) is 19.4. The fraction of sp³-hybridized carbons (Fsp3) is 0.391. The first kappa shape index (κ1) is 22.7. The van der Waals surface area contributed by atoms with Crippen LogP contribution in [0.25, 0.3) is 11.0 Å². The molecule has 0 spiro atoms. The number of carbonyl (C=O) groups excluding carboxylic acids is 1. The van der Waals surface area contributed by atoms with Crippen molar-refractivity contribution in [1.82, 2.24) is 15.3 Å². The highest BCUT2D eigenvalue weighted by atomic mass is 35.5. The highest BCUT2D eigenvalue weighted by Crippen LogP contribution is 2.34. The Morgan fingerprint density at radius 2 is 1.88 bits per heavy atom. The molecule has 6 nitrogen and oxygen atoms in total. The van der Waals surface area contributed by atoms with Crippen molar-refractivity contribution in [3.05, 3.63) is 45.7 Å². The molecule has 170 valence electrons. The highest BCUT2D eigenvalue weighted by molar-refractivity contribution is 6.39. The number of hydrogen-bond acceptors (Lipinski definition) is 4. The minimum absolute atomic E-state index is 0.132. The third-order valence-electron chi connectivity index (χ3n) is 5.73. The lowest BCUT2D eigenvalue weighted by atomic mass is 9.87. The second-order valence-electron chi connectivity index (χ2n) is 8.18. The first-order valence-corrected chi connectivity index (χ1v) is 11.5. The third-order valence-corrected chi connectivity index (χ3v) is 6.33. The average molecular weight is 479 g/mol. The summed E-state index contributed by atoms with van der Waals surface area (Å²) in [6.45, 7) is 4.53. The zero-order valence-electron chi connectivity index (χ0n) is 17.9. The molecule has 9 heteroatoms. The van der Waals surface area contributed by atoms with Gasteiger partial charge in [-0.15, -0.1) is 0 Å². The maximum Gasteiger partial charge on any atom is 0.255 e. The van der Waals surface area contributed by atoms with Gasteiger partial charge in [0.15, 0.2) is 0 Å². The van der Waals surface area contributed by atoms with Gasteiger partial charge in [0.2, 0.25) is 5.95 Å². The molecule has 0 aliphatic heterocycles. The van der Waals surface area contributed by atoms with Crippen LogP contribution in [0.4, 0.5) is 16.0 Å². The van der Waals surface area contributed by atoms with Crippen LogP contribution in [0.2, 0.25) is 10.0 Å². The van der Waals surface area contributed by atoms with Crippen LogP contribution in [0, 0.1) is 11.7 Å². The molecule has 2 aromatic carbocycles. The Kier molecular flexibility index (Phi) is 6.76. The quantitative estimate of drug-likeness (QED) is 0.379. The van der Waals surface area contributed by atoms with Gasteiger partial charge in [-0.05, 0) is 56.7 Å². The van der Waals surface area contributed by atoms with E-state index in [0.29, 0.717) is 46.5 Å². The number of imidazole rings is 1. The van der Waals surface area contributed by atoms with E-state index in [4.69, 9.17) is 27.9 Å². The highest BCUT2D eigenvalue weighted by Gasteiger charge is 2.23. The van der Waals surface area contributed by atoms with Crippen molar-refractivity contribution >= 4 is 51.8 Å². The van der Waals surface area contributed by atoms with E-state index in [1.165, 1.54) is 12.1 Å². The van der Waals surface area contributed by atoms with Crippen molar-refractivity contribution in [2.45, 2.75) is 45.6 Å². The summed E-state index contributed by atoms with van der Waals surface area (Å²) < 4.78 is 19.2. The van der Waals surface area contributed by atoms with Gasteiger partial charge >= 0.3 is 0 Å². The van der Waals surface area contributed by atoms with E-state index in [1.807, 2.05) is 6.92 Å². The van der Waals surface area contributed by atoms with Crippen molar-refractivity contribution in [2.24, 2.45) is 5.92 Å². The molecule has 1 amide bonds. The largest absolute Gasteiger partial charge is 0.493 e. The fourth-order valence-electron chi connectivity index (χ4n) is 4.00. The number of ether oxygens (including phenoxy) is 1. The van der Waals surface area contributed by atoms with Crippen LogP contribution in [-0.2, 0) is 0 Å². The number of aromatic nitrogens is 2. The van der Waals surface area contributed by atoms with Crippen molar-refractivity contribution in [2.75, 3.05) is 11.9 Å². The Bertz CT molecular complexity index is 1120. The maximum absolute atomic E-state index is 13.5. The number of nitrogens with one attached hydrogen (secondary N) is 3. The Balaban J connectivity index is 1.61. The van der Waals surface area contributed by atoms with Crippen LogP contribution in [0.3, 0.4) is 0 Å². The number of benzene rings is 2. The summed E-state index contributed by atoms with van der Waals surface area (Å²) in [5.41, 5.74) is 2.04. The molecular weight excluding hydrogens is 454 g/mol. The van der Waals surface area contributed by atoms with E-state index in [0.717, 1.165) is 25.7 Å². The van der Waals surface area contributed by atoms with Gasteiger partial charge in [-0.25, -0.2) is 9.37 Å². The van der Waals surface area contributed by atoms with Gasteiger partial charge in [-0.2, -0.15) is 0 Å². The summed E-state index contributed by atoms with van der Waals surface area (Å²) in [5.74, 6) is 0.843. The molecule has 1 saturated carbocycles. The van der Waals surface area contributed by atoms with Gasteiger partial charge in [0.25, 0.3) is 5.91 Å². The molecule has 0 unspecified atom stereocenters. The van der Waals surface area contributed by atoms with Crippen molar-refractivity contribution in [3.8, 4) is 5.75 Å². The molecule has 0 bridgehead atoms. The van der Waals surface area contributed by atoms with Gasteiger partial charge in [0.1, 0.15) is 11.6 Å². The summed E-state index contributed by atoms with van der Waals surface area (Å²) in [5, 5.41) is 6.40. The lowest BCUT2D eigenvalue weighted by Crippen LogP contribution is -2.37. The van der Waals surface area contributed by atoms with E-state index in [2.05, 4.69) is 27.5 Å². The second kappa shape index (κ2) is 9.55. The molecule has 3 aromatic rings. The molecule has 1 aliphatic rings. The Labute approximate surface area is 195 Å². The van der Waals surface area contributed by atoms with Gasteiger partial charge in [-0.3, -0.25) is 4.79 Å². The minimum Gasteiger partial charge on any atom is -0.493 e. The monoisotopic (exact) mass is 478 g/mol. The molecular formula is C23H25Cl2FN4O2. The van der Waals surface area contributed by atoms with E-state index in [1.54, 1.807) is 12.1 Å². The van der Waals surface area contributed by atoms with Crippen LogP contribution < -0.4 is 15.4 Å². The summed E-state index contributed by atoms with van der Waals surface area (Å²) in [6.07, 6.45) is 4.20. The molecule has 1 fully saturated rings. The molecule has 1 heterocycles. The first-order valence-electron chi connectivity index (χ1n) is 10.7. The summed E-state index contributed by atoms with van der Waals surface area (Å²) >= 11 is 12.2. The fourth-order valence-corrected chi connectivity index (χ4v) is 4.55. The molecule has 1 aromatic heterocycles. The topological polar surface area (TPSA) is 79.0 Å². The molecule has 1 aliphatic carbocycles. The molecule has 0 atom stereocenters. The average Bonchev–Trinajstić information content (AvgIpc) is 3.13. The number of aromatic amines is 1. The van der Waals surface area contributed by atoms with Crippen LogP contribution >= 0.6 is 23.2 Å². The molecule has 3 N–H and O–H groups in total. The number of hydrogen-bond donors (Lipinski definition) is 3. The maximum atomic E-state index is 13.5. The number of halogens is 3. The van der Waals surface area contributed by atoms with Crippen LogP contribution in [0.1, 0.15) is 49.9 Å². The molecule has 32 heavy (non-hydrogen) atoms. The number of amides is 1. The number of fused-ring (bicyclic) bond motifs is 1. The van der Waals surface area contributed by atoms with E-state index in [9.17, 15) is 9.18 Å². The summed E-state index contributed by atoms with van der Waals surface area (Å²) in [6, 6.07) is 5.96. The molecule has 4 rings (SSSR count). The van der Waals surface area contributed by atoms with Crippen LogP contribution in [0.5, 0.6) is 5.75 Å². The number of nitrogens with zero attached hydrogens (tertiary/aromatic N) is 1. The Morgan fingerprint density at radius 3 is 2.53 bits per heavy atom. The van der Waals surface area contributed by atoms with E-state index >= 15 is 0 Å². The van der Waals surface area contributed by atoms with Crippen molar-refractivity contribution < 1.29 is 13.9 Å². The molecule has 0 radical (unpaired) electrons. The number of H-pyrrole nitrogens is 1. The predicted molar refractivity (Wildman–Crippen MR) is 126 cm³/mol. The second-order valence-corrected chi connectivity index (χ2v) is 9.00. The SMILES string of the molecule is CCOc1cc2nc(Nc3c(Cl)cc(F)cc3Cl)[nH]c2cc1C(=O)NC1CCC(C)CC1. The van der Waals surface area contributed by atoms with E-state index in [-0.39, 0.29) is 22.0 Å². The summed E-state index contributed by atoms with van der Waals surface area (Å²) in [7, 11) is 0. The Morgan fingerprint density at radius 1 is 1.19 bits per heavy atom. The minimum atomic E-state index is -0.528. The lowest BCUT2D eigenvalue weighted by molar-refractivity contribution is 0.0919. The smallest absolute Gasteiger partial charge is 0.255 e. The standard InChI is InChI=1S/C23H25Cl2FN4O2/c1-3-32-20-11-19-18(10-15(20)22(31)27-14-6-4-12(2)5-7-14)28-23(29-19)30-21-16(24)8-13(26)9-17(21)25/h8-12,14H,3-7H2,1-2H3,(H,27,31)(H2,28,29,30). The number of anilines is 2. The van der Waals surface area contributed by atoms with Gasteiger partial charge in [0, 0.05) is 12.1 Å². The number of rotatable bonds is 6. The molecule has 0 saturated heterocycles. The third kappa shape index (κ3) is 4.94.